The van der Waals surface area contributed by atoms with Gasteiger partial charge in [-0.1, -0.05) is 0 Å². The van der Waals surface area contributed by atoms with Gasteiger partial charge in [0, 0.05) is 0 Å². The van der Waals surface area contributed by atoms with E-state index >= 15 is 0 Å². The van der Waals surface area contributed by atoms with E-state index in [1.807, 2.05) is 0 Å². The number of hydrogen-bond acceptors (Lipinski definition) is 0. The van der Waals surface area contributed by atoms with Gasteiger partial charge in [-0.05, 0) is 0 Å². The number of rotatable bonds is 0. The van der Waals surface area contributed by atoms with E-state index in [0.29, 0.717) is 0 Å². The standard InChI is InChI=1S/PSi3/c2-1(3)4. The maximum Gasteiger partial charge on any atom is 0.0530 e. The molecule has 0 heterocycles. The molecule has 0 N–H and O–H groups in total. The summed E-state index contributed by atoms with van der Waals surface area (Å²) in [7, 11) is 9.61. The molecule has 17 valence electrons. The van der Waals surface area contributed by atoms with Crippen LogP contribution in [0.1, 0.15) is 0 Å². The van der Waals surface area contributed by atoms with E-state index in [4.69, 9.17) is 0 Å². The highest BCUT2D eigenvalue weighted by Gasteiger charge is 1.68. The Balaban J connectivity index is 2.32. The SMILES string of the molecule is [Si]P([Si])[Si]. The fourth-order valence-electron chi connectivity index (χ4n) is 0. The summed E-state index contributed by atoms with van der Waals surface area (Å²) in [6, 6.07) is 0. The van der Waals surface area contributed by atoms with Gasteiger partial charge in [-0.25, -0.2) is 0 Å². The monoisotopic (exact) mass is 115 g/mol. The van der Waals surface area contributed by atoms with Crippen molar-refractivity contribution in [1.29, 1.82) is 0 Å². The van der Waals surface area contributed by atoms with Gasteiger partial charge >= 0.3 is 0 Å². The molecular weight excluding hydrogens is 115 g/mol. The molecule has 0 amide bonds. The van der Waals surface area contributed by atoms with Crippen molar-refractivity contribution < 1.29 is 0 Å². The lowest BCUT2D eigenvalue weighted by Gasteiger charge is -1.79. The zero-order valence-electron chi connectivity index (χ0n) is 1.95. The topological polar surface area (TPSA) is 0 Å². The largest absolute Gasteiger partial charge is 0.159 e. The molecule has 0 atom stereocenters. The van der Waals surface area contributed by atoms with Gasteiger partial charge in [0.05, 0.1) is 29.7 Å². The van der Waals surface area contributed by atoms with Crippen LogP contribution in [0.25, 0.3) is 0 Å². The highest BCUT2D eigenvalue weighted by atomic mass is 31.8. The lowest BCUT2D eigenvalue weighted by Crippen LogP contribution is -1.60. The van der Waals surface area contributed by atoms with Crippen LogP contribution < -0.4 is 0 Å². The fraction of sp³-hybridized carbons (Fsp3) is 0. The summed E-state index contributed by atoms with van der Waals surface area (Å²) in [5.41, 5.74) is 0. The first-order valence-corrected chi connectivity index (χ1v) is 6.04. The van der Waals surface area contributed by atoms with Gasteiger partial charge in [0.2, 0.25) is 0 Å². The van der Waals surface area contributed by atoms with E-state index in [1.54, 1.807) is 0 Å². The van der Waals surface area contributed by atoms with Crippen molar-refractivity contribution in [1.82, 2.24) is 0 Å². The third kappa shape index (κ3) is 11.4. The van der Waals surface area contributed by atoms with E-state index in [2.05, 4.69) is 29.7 Å². The Morgan fingerprint density at radius 3 is 1.00 bits per heavy atom. The second-order valence-electron chi connectivity index (χ2n) is 0.335. The van der Waals surface area contributed by atoms with Crippen molar-refractivity contribution in [3.63, 3.8) is 0 Å². The van der Waals surface area contributed by atoms with Gasteiger partial charge < -0.3 is 0 Å². The van der Waals surface area contributed by atoms with Crippen molar-refractivity contribution >= 4 is 36.3 Å². The maximum absolute atomic E-state index is 3.20. The van der Waals surface area contributed by atoms with Crippen LogP contribution in [0.15, 0.2) is 0 Å². The Kier molecular flexibility index (Phi) is 2.95. The molecule has 9 radical (unpaired) electrons. The molecule has 0 aliphatic carbocycles. The molecule has 0 aromatic carbocycles. The Morgan fingerprint density at radius 2 is 1.00 bits per heavy atom. The summed E-state index contributed by atoms with van der Waals surface area (Å²) in [6.07, 6.45) is 0. The molecule has 0 fully saturated rings. The predicted molar refractivity (Wildman–Crippen MR) is 24.2 cm³/mol. The molecule has 0 spiro atoms. The van der Waals surface area contributed by atoms with Crippen molar-refractivity contribution in [2.45, 2.75) is 0 Å². The summed E-state index contributed by atoms with van der Waals surface area (Å²) in [5, 5.41) is 0. The zero-order valence-corrected chi connectivity index (χ0v) is 5.84. The Labute approximate surface area is 36.9 Å². The Hall–Kier alpha value is 1.08. The van der Waals surface area contributed by atoms with Crippen molar-refractivity contribution in [3.05, 3.63) is 0 Å². The summed E-state index contributed by atoms with van der Waals surface area (Å²) < 4.78 is 0. The summed E-state index contributed by atoms with van der Waals surface area (Å²) >= 11 is 0. The van der Waals surface area contributed by atoms with Gasteiger partial charge in [-0.15, -0.1) is 0 Å². The van der Waals surface area contributed by atoms with E-state index < -0.39 is 0 Å². The van der Waals surface area contributed by atoms with Crippen LogP contribution >= 0.6 is 6.57 Å². The van der Waals surface area contributed by atoms with Gasteiger partial charge in [0.1, 0.15) is 0 Å². The van der Waals surface area contributed by atoms with E-state index in [-0.39, 0.29) is 6.57 Å². The lowest BCUT2D eigenvalue weighted by atomic mass is 27.3. The molecule has 0 bridgehead atoms. The summed E-state index contributed by atoms with van der Waals surface area (Å²) in [4.78, 5) is 0. The quantitative estimate of drug-likeness (QED) is 0.301. The minimum Gasteiger partial charge on any atom is -0.159 e. The van der Waals surface area contributed by atoms with Crippen LogP contribution in [0, 0.1) is 0 Å². The molecule has 0 saturated carbocycles. The first-order valence-electron chi connectivity index (χ1n) is 0.671. The fourth-order valence-corrected chi connectivity index (χ4v) is 0. The lowest BCUT2D eigenvalue weighted by molar-refractivity contribution is 4.51. The van der Waals surface area contributed by atoms with Crippen molar-refractivity contribution in [2.75, 3.05) is 0 Å². The maximum atomic E-state index is 3.20. The van der Waals surface area contributed by atoms with Gasteiger partial charge in [-0.2, -0.15) is 6.57 Å². The molecule has 0 rings (SSSR count). The molecule has 0 aromatic rings. The summed E-state index contributed by atoms with van der Waals surface area (Å²) in [5.74, 6) is 0. The van der Waals surface area contributed by atoms with Crippen molar-refractivity contribution in [2.24, 2.45) is 0 Å². The molecule has 0 aromatic heterocycles. The first kappa shape index (κ1) is 5.08. The molecule has 0 aliphatic heterocycles. The normalized spacial score (nSPS) is 9.00. The van der Waals surface area contributed by atoms with Gasteiger partial charge in [-0.3, -0.25) is 0 Å². The highest BCUT2D eigenvalue weighted by molar-refractivity contribution is 8.17. The van der Waals surface area contributed by atoms with E-state index in [9.17, 15) is 0 Å². The van der Waals surface area contributed by atoms with Crippen LogP contribution in [0.2, 0.25) is 0 Å². The second kappa shape index (κ2) is 2.33. The van der Waals surface area contributed by atoms with Crippen molar-refractivity contribution in [3.8, 4) is 0 Å². The van der Waals surface area contributed by atoms with Crippen LogP contribution in [-0.2, 0) is 0 Å². The average molecular weight is 115 g/mol. The van der Waals surface area contributed by atoms with Crippen LogP contribution in [0.5, 0.6) is 0 Å². The predicted octanol–water partition coefficient (Wildman–Crippen LogP) is -0.281. The second-order valence-corrected chi connectivity index (χ2v) is 9.06. The molecular formula is PSi3. The zero-order chi connectivity index (χ0) is 3.58. The minimum atomic E-state index is -0.204. The third-order valence-corrected chi connectivity index (χ3v) is 0. The molecule has 0 nitrogen and oxygen atoms in total. The molecule has 0 saturated heterocycles. The number of hydrogen-bond donors (Lipinski definition) is 0. The third-order valence-electron chi connectivity index (χ3n) is 0. The summed E-state index contributed by atoms with van der Waals surface area (Å²) in [6.45, 7) is -0.204. The van der Waals surface area contributed by atoms with Gasteiger partial charge in [0.25, 0.3) is 0 Å². The van der Waals surface area contributed by atoms with Crippen LogP contribution in [0.4, 0.5) is 0 Å². The Bertz CT molecular complexity index is 8.00. The van der Waals surface area contributed by atoms with Gasteiger partial charge in [0.15, 0.2) is 0 Å². The first-order chi connectivity index (χ1) is 1.73. The van der Waals surface area contributed by atoms with Crippen LogP contribution in [-0.4, -0.2) is 29.7 Å². The Morgan fingerprint density at radius 1 is 1.00 bits per heavy atom. The molecule has 0 aliphatic rings. The molecule has 4 heavy (non-hydrogen) atoms. The average Bonchev–Trinajstić information content (AvgIpc) is 0.811. The molecule has 0 unspecified atom stereocenters. The molecule has 4 heteroatoms. The van der Waals surface area contributed by atoms with E-state index in [1.165, 1.54) is 0 Å². The minimum absolute atomic E-state index is 0.204. The van der Waals surface area contributed by atoms with E-state index in [0.717, 1.165) is 0 Å². The highest BCUT2D eigenvalue weighted by Crippen LogP contribution is 2.08. The smallest absolute Gasteiger partial charge is 0.0530 e. The van der Waals surface area contributed by atoms with Crippen LogP contribution in [0.3, 0.4) is 0 Å².